The predicted octanol–water partition coefficient (Wildman–Crippen LogP) is 3.17. The molecule has 1 aromatic heterocycles. The zero-order chi connectivity index (χ0) is 13.8. The van der Waals surface area contributed by atoms with Crippen molar-refractivity contribution in [1.29, 1.82) is 0 Å². The van der Waals surface area contributed by atoms with Gasteiger partial charge >= 0.3 is 0 Å². The summed E-state index contributed by atoms with van der Waals surface area (Å²) in [6, 6.07) is 4.71. The van der Waals surface area contributed by atoms with Gasteiger partial charge in [-0.3, -0.25) is 0 Å². The first-order chi connectivity index (χ1) is 9.15. The van der Waals surface area contributed by atoms with E-state index in [2.05, 4.69) is 36.5 Å². The average Bonchev–Trinajstić information content (AvgIpc) is 2.42. The van der Waals surface area contributed by atoms with E-state index < -0.39 is 0 Å². The highest BCUT2D eigenvalue weighted by atomic mass is 79.9. The second-order valence-electron chi connectivity index (χ2n) is 3.61. The fraction of sp³-hybridized carbons (Fsp3) is 0.167. The van der Waals surface area contributed by atoms with Crippen LogP contribution in [0.3, 0.4) is 0 Å². The third kappa shape index (κ3) is 2.93. The number of benzene rings is 1. The topological polar surface area (TPSA) is 59.1 Å². The van der Waals surface area contributed by atoms with E-state index in [1.165, 1.54) is 19.5 Å². The zero-order valence-electron chi connectivity index (χ0n) is 10.4. The molecule has 0 saturated heterocycles. The van der Waals surface area contributed by atoms with Crippen molar-refractivity contribution >= 4 is 33.3 Å². The van der Waals surface area contributed by atoms with Crippen LogP contribution in [0, 0.1) is 5.82 Å². The largest absolute Gasteiger partial charge is 0.490 e. The number of nitrogens with zero attached hydrogens (tertiary/aromatic N) is 2. The number of methoxy groups -OCH3 is 1. The molecule has 2 aromatic rings. The first-order valence-corrected chi connectivity index (χ1v) is 6.23. The number of aromatic nitrogens is 2. The van der Waals surface area contributed by atoms with Crippen LogP contribution in [0.25, 0.3) is 0 Å². The summed E-state index contributed by atoms with van der Waals surface area (Å²) in [7, 11) is 3.25. The second-order valence-corrected chi connectivity index (χ2v) is 4.46. The van der Waals surface area contributed by atoms with Gasteiger partial charge in [-0.05, 0) is 34.1 Å². The van der Waals surface area contributed by atoms with Crippen LogP contribution in [0.5, 0.6) is 5.75 Å². The highest BCUT2D eigenvalue weighted by Crippen LogP contribution is 2.31. The molecule has 1 heterocycles. The van der Waals surface area contributed by atoms with E-state index in [0.29, 0.717) is 27.5 Å². The molecule has 2 rings (SSSR count). The second kappa shape index (κ2) is 5.83. The summed E-state index contributed by atoms with van der Waals surface area (Å²) in [4.78, 5) is 8.12. The van der Waals surface area contributed by atoms with E-state index in [-0.39, 0.29) is 5.82 Å². The minimum atomic E-state index is -0.355. The highest BCUT2D eigenvalue weighted by Gasteiger charge is 2.11. The lowest BCUT2D eigenvalue weighted by molar-refractivity contribution is 0.415. The van der Waals surface area contributed by atoms with Gasteiger partial charge in [-0.1, -0.05) is 0 Å². The Labute approximate surface area is 118 Å². The molecule has 0 aliphatic carbocycles. The molecule has 100 valence electrons. The van der Waals surface area contributed by atoms with Crippen molar-refractivity contribution in [3.8, 4) is 5.75 Å². The Morgan fingerprint density at radius 3 is 2.63 bits per heavy atom. The molecular formula is C12H12BrFN4O. The number of hydrogen-bond acceptors (Lipinski definition) is 5. The maximum Gasteiger partial charge on any atom is 0.204 e. The van der Waals surface area contributed by atoms with Crippen molar-refractivity contribution in [1.82, 2.24) is 9.97 Å². The number of hydrogen-bond donors (Lipinski definition) is 2. The van der Waals surface area contributed by atoms with Crippen LogP contribution < -0.4 is 15.4 Å². The van der Waals surface area contributed by atoms with Crippen LogP contribution in [0.2, 0.25) is 0 Å². The Balaban J connectivity index is 2.35. The summed E-state index contributed by atoms with van der Waals surface area (Å²) in [6.45, 7) is 0. The third-order valence-electron chi connectivity index (χ3n) is 2.43. The number of nitrogens with one attached hydrogen (secondary N) is 2. The molecule has 0 unspecified atom stereocenters. The summed E-state index contributed by atoms with van der Waals surface area (Å²) in [5, 5.41) is 5.88. The summed E-state index contributed by atoms with van der Waals surface area (Å²) < 4.78 is 19.1. The van der Waals surface area contributed by atoms with E-state index in [9.17, 15) is 4.39 Å². The molecule has 1 aromatic carbocycles. The van der Waals surface area contributed by atoms with Gasteiger partial charge in [0.2, 0.25) is 5.75 Å². The van der Waals surface area contributed by atoms with Crippen molar-refractivity contribution in [2.45, 2.75) is 0 Å². The number of halogens is 2. The summed E-state index contributed by atoms with van der Waals surface area (Å²) in [5.41, 5.74) is 0.569. The average molecular weight is 327 g/mol. The Morgan fingerprint density at radius 1 is 1.26 bits per heavy atom. The molecule has 19 heavy (non-hydrogen) atoms. The number of ether oxygens (including phenoxy) is 1. The first kappa shape index (κ1) is 13.5. The van der Waals surface area contributed by atoms with Gasteiger partial charge in [-0.15, -0.1) is 0 Å². The third-order valence-corrected chi connectivity index (χ3v) is 3.07. The monoisotopic (exact) mass is 326 g/mol. The van der Waals surface area contributed by atoms with E-state index >= 15 is 0 Å². The number of anilines is 3. The standard InChI is InChI=1S/C12H12BrFN4O/c1-15-11-10(19-2)12(17-6-16-11)18-7-3-4-8(13)9(14)5-7/h3-6H,1-2H3,(H2,15,16,17,18). The van der Waals surface area contributed by atoms with Gasteiger partial charge < -0.3 is 15.4 Å². The van der Waals surface area contributed by atoms with E-state index in [1.54, 1.807) is 19.2 Å². The van der Waals surface area contributed by atoms with Crippen molar-refractivity contribution in [3.05, 3.63) is 34.8 Å². The SMILES string of the molecule is CNc1ncnc(Nc2ccc(Br)c(F)c2)c1OC. The Hall–Kier alpha value is -1.89. The van der Waals surface area contributed by atoms with Crippen LogP contribution in [0.1, 0.15) is 0 Å². The lowest BCUT2D eigenvalue weighted by Crippen LogP contribution is -2.03. The van der Waals surface area contributed by atoms with Crippen molar-refractivity contribution < 1.29 is 9.13 Å². The van der Waals surface area contributed by atoms with Crippen LogP contribution in [0.4, 0.5) is 21.7 Å². The van der Waals surface area contributed by atoms with E-state index in [4.69, 9.17) is 4.74 Å². The van der Waals surface area contributed by atoms with E-state index in [0.717, 1.165) is 0 Å². The smallest absolute Gasteiger partial charge is 0.204 e. The molecule has 0 aliphatic rings. The summed E-state index contributed by atoms with van der Waals surface area (Å²) in [5.74, 6) is 1.13. The first-order valence-electron chi connectivity index (χ1n) is 5.44. The minimum Gasteiger partial charge on any atom is -0.490 e. The molecule has 7 heteroatoms. The fourth-order valence-electron chi connectivity index (χ4n) is 1.54. The summed E-state index contributed by atoms with van der Waals surface area (Å²) in [6.07, 6.45) is 1.39. The molecule has 0 bridgehead atoms. The van der Waals surface area contributed by atoms with Crippen LogP contribution >= 0.6 is 15.9 Å². The molecule has 2 N–H and O–H groups in total. The van der Waals surface area contributed by atoms with Crippen LogP contribution in [0.15, 0.2) is 29.0 Å². The maximum absolute atomic E-state index is 13.4. The van der Waals surface area contributed by atoms with Gasteiger partial charge in [0.05, 0.1) is 11.6 Å². The van der Waals surface area contributed by atoms with Gasteiger partial charge in [-0.2, -0.15) is 0 Å². The highest BCUT2D eigenvalue weighted by molar-refractivity contribution is 9.10. The lowest BCUT2D eigenvalue weighted by Gasteiger charge is -2.12. The van der Waals surface area contributed by atoms with Crippen molar-refractivity contribution in [2.75, 3.05) is 24.8 Å². The molecule has 0 aliphatic heterocycles. The quantitative estimate of drug-likeness (QED) is 0.903. The Bertz CT molecular complexity index is 594. The maximum atomic E-state index is 13.4. The van der Waals surface area contributed by atoms with Gasteiger partial charge in [0.25, 0.3) is 0 Å². The zero-order valence-corrected chi connectivity index (χ0v) is 12.0. The molecule has 0 radical (unpaired) electrons. The molecule has 0 saturated carbocycles. The van der Waals surface area contributed by atoms with Crippen molar-refractivity contribution in [2.24, 2.45) is 0 Å². The molecule has 0 amide bonds. The fourth-order valence-corrected chi connectivity index (χ4v) is 1.79. The predicted molar refractivity (Wildman–Crippen MR) is 75.5 cm³/mol. The Kier molecular flexibility index (Phi) is 4.16. The van der Waals surface area contributed by atoms with Gasteiger partial charge in [0, 0.05) is 12.7 Å². The normalized spacial score (nSPS) is 10.1. The molecule has 0 spiro atoms. The molecule has 0 fully saturated rings. The van der Waals surface area contributed by atoms with Gasteiger partial charge in [-0.25, -0.2) is 14.4 Å². The molecule has 5 nitrogen and oxygen atoms in total. The molecule has 0 atom stereocenters. The molecular weight excluding hydrogens is 315 g/mol. The van der Waals surface area contributed by atoms with E-state index in [1.807, 2.05) is 0 Å². The lowest BCUT2D eigenvalue weighted by atomic mass is 10.3. The van der Waals surface area contributed by atoms with Crippen LogP contribution in [-0.4, -0.2) is 24.1 Å². The van der Waals surface area contributed by atoms with Crippen LogP contribution in [-0.2, 0) is 0 Å². The van der Waals surface area contributed by atoms with Gasteiger partial charge in [0.15, 0.2) is 11.6 Å². The number of rotatable bonds is 4. The van der Waals surface area contributed by atoms with Gasteiger partial charge in [0.1, 0.15) is 12.1 Å². The van der Waals surface area contributed by atoms with Crippen molar-refractivity contribution in [3.63, 3.8) is 0 Å². The minimum absolute atomic E-state index is 0.355. The Morgan fingerprint density at radius 2 is 2.00 bits per heavy atom. The summed E-state index contributed by atoms with van der Waals surface area (Å²) >= 11 is 3.10.